The molecular formula is C20H22BrNO4. The first-order chi connectivity index (χ1) is 12.6. The van der Waals surface area contributed by atoms with Crippen LogP contribution < -0.4 is 4.74 Å². The van der Waals surface area contributed by atoms with Gasteiger partial charge >= 0.3 is 6.09 Å². The van der Waals surface area contributed by atoms with Gasteiger partial charge in [-0.05, 0) is 41.8 Å². The molecule has 5 nitrogen and oxygen atoms in total. The Bertz CT molecular complexity index is 732. The summed E-state index contributed by atoms with van der Waals surface area (Å²) in [5.74, 6) is 0.980. The third kappa shape index (κ3) is 4.56. The van der Waals surface area contributed by atoms with Crippen LogP contribution in [0.25, 0.3) is 0 Å². The van der Waals surface area contributed by atoms with Crippen LogP contribution in [0.2, 0.25) is 0 Å². The van der Waals surface area contributed by atoms with Gasteiger partial charge in [-0.25, -0.2) is 4.79 Å². The molecule has 2 atom stereocenters. The lowest BCUT2D eigenvalue weighted by Crippen LogP contribution is -2.46. The van der Waals surface area contributed by atoms with Crippen LogP contribution >= 0.6 is 15.9 Å². The van der Waals surface area contributed by atoms with E-state index in [1.165, 1.54) is 10.5 Å². The van der Waals surface area contributed by atoms with E-state index in [-0.39, 0.29) is 12.0 Å². The molecule has 0 aromatic heterocycles. The number of ether oxygens (including phenoxy) is 2. The maximum absolute atomic E-state index is 11.4. The standard InChI is InChI=1S/C20H22BrNO4/c1-25-17-8-2-14(3-9-17)13-26-19-12-22(20(23)24)11-10-18(19)15-4-6-16(21)7-5-15/h2-9,18-19H,10-13H2,1H3,(H,23,24). The monoisotopic (exact) mass is 419 g/mol. The average Bonchev–Trinajstić information content (AvgIpc) is 2.67. The zero-order chi connectivity index (χ0) is 18.5. The number of hydrogen-bond donors (Lipinski definition) is 1. The summed E-state index contributed by atoms with van der Waals surface area (Å²) < 4.78 is 12.4. The molecule has 26 heavy (non-hydrogen) atoms. The van der Waals surface area contributed by atoms with E-state index in [2.05, 4.69) is 28.1 Å². The predicted molar refractivity (Wildman–Crippen MR) is 103 cm³/mol. The van der Waals surface area contributed by atoms with E-state index in [9.17, 15) is 9.90 Å². The van der Waals surface area contributed by atoms with Gasteiger partial charge in [-0.1, -0.05) is 40.2 Å². The van der Waals surface area contributed by atoms with E-state index in [1.54, 1.807) is 7.11 Å². The van der Waals surface area contributed by atoms with Crippen LogP contribution in [0.15, 0.2) is 53.0 Å². The highest BCUT2D eigenvalue weighted by Gasteiger charge is 2.33. The summed E-state index contributed by atoms with van der Waals surface area (Å²) in [7, 11) is 1.64. The number of halogens is 1. The molecular weight excluding hydrogens is 398 g/mol. The maximum atomic E-state index is 11.4. The van der Waals surface area contributed by atoms with Crippen LogP contribution in [-0.2, 0) is 11.3 Å². The lowest BCUT2D eigenvalue weighted by Gasteiger charge is -2.37. The van der Waals surface area contributed by atoms with Crippen molar-refractivity contribution in [2.24, 2.45) is 0 Å². The van der Waals surface area contributed by atoms with Crippen LogP contribution in [0.3, 0.4) is 0 Å². The lowest BCUT2D eigenvalue weighted by atomic mass is 9.87. The minimum atomic E-state index is -0.891. The zero-order valence-electron chi connectivity index (χ0n) is 14.6. The van der Waals surface area contributed by atoms with E-state index in [4.69, 9.17) is 9.47 Å². The van der Waals surface area contributed by atoms with Gasteiger partial charge in [-0.15, -0.1) is 0 Å². The first-order valence-electron chi connectivity index (χ1n) is 8.54. The minimum Gasteiger partial charge on any atom is -0.497 e. The SMILES string of the molecule is COc1ccc(COC2CN(C(=O)O)CCC2c2ccc(Br)cc2)cc1. The number of carboxylic acid groups (broad SMARTS) is 1. The fraction of sp³-hybridized carbons (Fsp3) is 0.350. The molecule has 6 heteroatoms. The van der Waals surface area contributed by atoms with E-state index >= 15 is 0 Å². The highest BCUT2D eigenvalue weighted by atomic mass is 79.9. The number of carbonyl (C=O) groups is 1. The second-order valence-corrected chi connectivity index (χ2v) is 7.29. The topological polar surface area (TPSA) is 59.0 Å². The molecule has 0 bridgehead atoms. The normalized spacial score (nSPS) is 20.0. The molecule has 3 rings (SSSR count). The van der Waals surface area contributed by atoms with Crippen LogP contribution in [-0.4, -0.2) is 42.4 Å². The molecule has 138 valence electrons. The summed E-state index contributed by atoms with van der Waals surface area (Å²) >= 11 is 3.46. The number of rotatable bonds is 5. The minimum absolute atomic E-state index is 0.178. The van der Waals surface area contributed by atoms with Crippen molar-refractivity contribution >= 4 is 22.0 Å². The summed E-state index contributed by atoms with van der Waals surface area (Å²) in [6, 6.07) is 15.9. The molecule has 0 radical (unpaired) electrons. The molecule has 0 spiro atoms. The summed E-state index contributed by atoms with van der Waals surface area (Å²) in [5, 5.41) is 9.34. The molecule has 1 aliphatic heterocycles. The average molecular weight is 420 g/mol. The van der Waals surface area contributed by atoms with Crippen molar-refractivity contribution in [2.45, 2.75) is 25.0 Å². The smallest absolute Gasteiger partial charge is 0.407 e. The summed E-state index contributed by atoms with van der Waals surface area (Å²) in [6.45, 7) is 1.35. The molecule has 2 aromatic carbocycles. The third-order valence-electron chi connectivity index (χ3n) is 4.75. The molecule has 1 fully saturated rings. The zero-order valence-corrected chi connectivity index (χ0v) is 16.2. The number of likely N-dealkylation sites (tertiary alicyclic amines) is 1. The van der Waals surface area contributed by atoms with E-state index in [0.717, 1.165) is 22.2 Å². The van der Waals surface area contributed by atoms with Gasteiger partial charge in [-0.2, -0.15) is 0 Å². The molecule has 1 heterocycles. The van der Waals surface area contributed by atoms with Crippen molar-refractivity contribution in [1.82, 2.24) is 4.90 Å². The molecule has 1 amide bonds. The van der Waals surface area contributed by atoms with Gasteiger partial charge in [0.15, 0.2) is 0 Å². The summed E-state index contributed by atoms with van der Waals surface area (Å²) in [6.07, 6.45) is -0.318. The van der Waals surface area contributed by atoms with Gasteiger partial charge in [0.25, 0.3) is 0 Å². The molecule has 0 saturated carbocycles. The Kier molecular flexibility index (Phi) is 6.16. The van der Waals surface area contributed by atoms with Crippen LogP contribution in [0.4, 0.5) is 4.79 Å². The largest absolute Gasteiger partial charge is 0.497 e. The van der Waals surface area contributed by atoms with Gasteiger partial charge in [0.05, 0.1) is 26.4 Å². The first kappa shape index (κ1) is 18.7. The number of amides is 1. The first-order valence-corrected chi connectivity index (χ1v) is 9.34. The number of nitrogens with zero attached hydrogens (tertiary/aromatic N) is 1. The van der Waals surface area contributed by atoms with Crippen molar-refractivity contribution in [2.75, 3.05) is 20.2 Å². The van der Waals surface area contributed by atoms with Gasteiger partial charge in [0.1, 0.15) is 5.75 Å². The Morgan fingerprint density at radius 1 is 1.19 bits per heavy atom. The van der Waals surface area contributed by atoms with Crippen molar-refractivity contribution in [3.8, 4) is 5.75 Å². The van der Waals surface area contributed by atoms with Crippen molar-refractivity contribution in [3.05, 3.63) is 64.1 Å². The van der Waals surface area contributed by atoms with Crippen LogP contribution in [0.1, 0.15) is 23.5 Å². The van der Waals surface area contributed by atoms with Gasteiger partial charge in [0.2, 0.25) is 0 Å². The van der Waals surface area contributed by atoms with Gasteiger partial charge in [-0.3, -0.25) is 0 Å². The Morgan fingerprint density at radius 3 is 2.50 bits per heavy atom. The second-order valence-electron chi connectivity index (χ2n) is 6.37. The highest BCUT2D eigenvalue weighted by molar-refractivity contribution is 9.10. The fourth-order valence-corrected chi connectivity index (χ4v) is 3.54. The number of hydrogen-bond acceptors (Lipinski definition) is 3. The molecule has 0 aliphatic carbocycles. The number of methoxy groups -OCH3 is 1. The lowest BCUT2D eigenvalue weighted by molar-refractivity contribution is -0.0199. The Hall–Kier alpha value is -2.05. The highest BCUT2D eigenvalue weighted by Crippen LogP contribution is 2.32. The van der Waals surface area contributed by atoms with E-state index in [1.807, 2.05) is 36.4 Å². The number of benzene rings is 2. The Balaban J connectivity index is 1.72. The third-order valence-corrected chi connectivity index (χ3v) is 5.28. The molecule has 2 aromatic rings. The van der Waals surface area contributed by atoms with Gasteiger partial charge < -0.3 is 19.5 Å². The molecule has 1 aliphatic rings. The fourth-order valence-electron chi connectivity index (χ4n) is 3.28. The molecule has 1 N–H and O–H groups in total. The Morgan fingerprint density at radius 2 is 1.88 bits per heavy atom. The van der Waals surface area contributed by atoms with E-state index < -0.39 is 6.09 Å². The predicted octanol–water partition coefficient (Wildman–Crippen LogP) is 4.51. The molecule has 2 unspecified atom stereocenters. The van der Waals surface area contributed by atoms with Crippen molar-refractivity contribution in [3.63, 3.8) is 0 Å². The van der Waals surface area contributed by atoms with Gasteiger partial charge in [0, 0.05) is 16.9 Å². The summed E-state index contributed by atoms with van der Waals surface area (Å²) in [5.41, 5.74) is 2.21. The van der Waals surface area contributed by atoms with Crippen LogP contribution in [0, 0.1) is 0 Å². The quantitative estimate of drug-likeness (QED) is 0.774. The van der Waals surface area contributed by atoms with Crippen molar-refractivity contribution < 1.29 is 19.4 Å². The second kappa shape index (κ2) is 8.56. The number of piperidine rings is 1. The maximum Gasteiger partial charge on any atom is 0.407 e. The molecule has 1 saturated heterocycles. The van der Waals surface area contributed by atoms with Crippen LogP contribution in [0.5, 0.6) is 5.75 Å². The van der Waals surface area contributed by atoms with Crippen molar-refractivity contribution in [1.29, 1.82) is 0 Å². The Labute approximate surface area is 161 Å². The van der Waals surface area contributed by atoms with E-state index in [0.29, 0.717) is 19.7 Å². The summed E-state index contributed by atoms with van der Waals surface area (Å²) in [4.78, 5) is 12.8.